The smallest absolute Gasteiger partial charge is 0.255 e. The van der Waals surface area contributed by atoms with E-state index in [4.69, 9.17) is 22.1 Å². The van der Waals surface area contributed by atoms with Gasteiger partial charge in [-0.25, -0.2) is 0 Å². The fourth-order valence-corrected chi connectivity index (χ4v) is 2.31. The average molecular weight is 339 g/mol. The molecule has 0 spiro atoms. The number of carbonyl (C=O) groups excluding carboxylic acids is 1. The minimum Gasteiger partial charge on any atom is -0.455 e. The Bertz CT molecular complexity index is 849. The lowest BCUT2D eigenvalue weighted by Crippen LogP contribution is -2.12. The van der Waals surface area contributed by atoms with Crippen molar-refractivity contribution in [2.75, 3.05) is 11.1 Å². The van der Waals surface area contributed by atoms with Crippen LogP contribution in [0.1, 0.15) is 10.4 Å². The van der Waals surface area contributed by atoms with E-state index in [1.165, 1.54) is 0 Å². The molecule has 3 aromatic rings. The van der Waals surface area contributed by atoms with Gasteiger partial charge in [0.05, 0.1) is 5.69 Å². The fraction of sp³-hybridized carbons (Fsp3) is 0. The SMILES string of the molecule is Nc1ccc(C(=O)Nc2cc(Cl)ccc2Oc2ccccc2)cc1. The molecule has 0 atom stereocenters. The van der Waals surface area contributed by atoms with Crippen LogP contribution in [0, 0.1) is 0 Å². The molecule has 5 heteroatoms. The molecule has 0 unspecified atom stereocenters. The van der Waals surface area contributed by atoms with E-state index in [-0.39, 0.29) is 5.91 Å². The van der Waals surface area contributed by atoms with Crippen molar-refractivity contribution in [2.24, 2.45) is 0 Å². The molecule has 1 amide bonds. The number of nitrogens with one attached hydrogen (secondary N) is 1. The Hall–Kier alpha value is -2.98. The van der Waals surface area contributed by atoms with Gasteiger partial charge in [0, 0.05) is 16.3 Å². The summed E-state index contributed by atoms with van der Waals surface area (Å²) >= 11 is 6.05. The van der Waals surface area contributed by atoms with Gasteiger partial charge < -0.3 is 15.8 Å². The van der Waals surface area contributed by atoms with Crippen LogP contribution in [0.3, 0.4) is 0 Å². The Labute approximate surface area is 144 Å². The standard InChI is InChI=1S/C19H15ClN2O2/c20-14-8-11-18(24-16-4-2-1-3-5-16)17(12-14)22-19(23)13-6-9-15(21)10-7-13/h1-12H,21H2,(H,22,23). The van der Waals surface area contributed by atoms with Crippen molar-refractivity contribution in [3.8, 4) is 11.5 Å². The quantitative estimate of drug-likeness (QED) is 0.660. The van der Waals surface area contributed by atoms with Gasteiger partial charge in [-0.2, -0.15) is 0 Å². The second-order valence-electron chi connectivity index (χ2n) is 5.13. The third kappa shape index (κ3) is 3.86. The second-order valence-corrected chi connectivity index (χ2v) is 5.57. The number of anilines is 2. The molecule has 0 fully saturated rings. The Morgan fingerprint density at radius 1 is 0.958 bits per heavy atom. The number of hydrogen-bond acceptors (Lipinski definition) is 3. The zero-order valence-corrected chi connectivity index (χ0v) is 13.5. The van der Waals surface area contributed by atoms with E-state index in [0.29, 0.717) is 33.5 Å². The molecule has 3 N–H and O–H groups in total. The maximum atomic E-state index is 12.4. The first kappa shape index (κ1) is 15.9. The summed E-state index contributed by atoms with van der Waals surface area (Å²) in [5, 5.41) is 3.32. The monoisotopic (exact) mass is 338 g/mol. The molecule has 0 aliphatic heterocycles. The molecular formula is C19H15ClN2O2. The maximum Gasteiger partial charge on any atom is 0.255 e. The number of nitrogens with two attached hydrogens (primary N) is 1. The largest absolute Gasteiger partial charge is 0.455 e. The van der Waals surface area contributed by atoms with Gasteiger partial charge in [-0.3, -0.25) is 4.79 Å². The molecule has 120 valence electrons. The first-order chi connectivity index (χ1) is 11.6. The maximum absolute atomic E-state index is 12.4. The lowest BCUT2D eigenvalue weighted by atomic mass is 10.2. The van der Waals surface area contributed by atoms with Gasteiger partial charge in [0.2, 0.25) is 0 Å². The summed E-state index contributed by atoms with van der Waals surface area (Å²) in [5.74, 6) is 0.910. The predicted octanol–water partition coefficient (Wildman–Crippen LogP) is 4.97. The summed E-state index contributed by atoms with van der Waals surface area (Å²) in [6.45, 7) is 0. The number of halogens is 1. The van der Waals surface area contributed by atoms with E-state index in [9.17, 15) is 4.79 Å². The Kier molecular flexibility index (Phi) is 4.68. The minimum atomic E-state index is -0.268. The van der Waals surface area contributed by atoms with Crippen molar-refractivity contribution < 1.29 is 9.53 Å². The van der Waals surface area contributed by atoms with Gasteiger partial charge >= 0.3 is 0 Å². The van der Waals surface area contributed by atoms with Crippen LogP contribution in [0.2, 0.25) is 5.02 Å². The summed E-state index contributed by atoms with van der Waals surface area (Å²) in [6.07, 6.45) is 0. The summed E-state index contributed by atoms with van der Waals surface area (Å²) in [4.78, 5) is 12.4. The summed E-state index contributed by atoms with van der Waals surface area (Å²) in [6, 6.07) is 21.1. The lowest BCUT2D eigenvalue weighted by molar-refractivity contribution is 0.102. The number of carbonyl (C=O) groups is 1. The van der Waals surface area contributed by atoms with Crippen molar-refractivity contribution in [1.82, 2.24) is 0 Å². The van der Waals surface area contributed by atoms with E-state index in [2.05, 4.69) is 5.32 Å². The zero-order chi connectivity index (χ0) is 16.9. The summed E-state index contributed by atoms with van der Waals surface area (Å²) < 4.78 is 5.83. The highest BCUT2D eigenvalue weighted by atomic mass is 35.5. The first-order valence-corrected chi connectivity index (χ1v) is 7.69. The van der Waals surface area contributed by atoms with Crippen molar-refractivity contribution in [1.29, 1.82) is 0 Å². The van der Waals surface area contributed by atoms with Crippen LogP contribution in [0.15, 0.2) is 72.8 Å². The van der Waals surface area contributed by atoms with Crippen molar-refractivity contribution >= 4 is 28.9 Å². The Morgan fingerprint density at radius 3 is 2.38 bits per heavy atom. The Balaban J connectivity index is 1.85. The average Bonchev–Trinajstić information content (AvgIpc) is 2.59. The molecule has 0 radical (unpaired) electrons. The van der Waals surface area contributed by atoms with Crippen molar-refractivity contribution in [2.45, 2.75) is 0 Å². The number of benzene rings is 3. The molecule has 24 heavy (non-hydrogen) atoms. The number of amides is 1. The van der Waals surface area contributed by atoms with E-state index in [1.54, 1.807) is 42.5 Å². The number of ether oxygens (including phenoxy) is 1. The molecule has 0 saturated heterocycles. The van der Waals surface area contributed by atoms with Crippen molar-refractivity contribution in [3.63, 3.8) is 0 Å². The summed E-state index contributed by atoms with van der Waals surface area (Å²) in [5.41, 5.74) is 7.23. The Morgan fingerprint density at radius 2 is 1.67 bits per heavy atom. The number of rotatable bonds is 4. The molecule has 3 rings (SSSR count). The molecule has 0 saturated carbocycles. The van der Waals surface area contributed by atoms with E-state index in [0.717, 1.165) is 0 Å². The van der Waals surface area contributed by atoms with Crippen LogP contribution in [0.4, 0.5) is 11.4 Å². The highest BCUT2D eigenvalue weighted by molar-refractivity contribution is 6.31. The molecule has 0 aliphatic rings. The van der Waals surface area contributed by atoms with E-state index < -0.39 is 0 Å². The van der Waals surface area contributed by atoms with Gasteiger partial charge in [0.15, 0.2) is 5.75 Å². The zero-order valence-electron chi connectivity index (χ0n) is 12.7. The molecule has 0 aliphatic carbocycles. The lowest BCUT2D eigenvalue weighted by Gasteiger charge is -2.13. The topological polar surface area (TPSA) is 64.4 Å². The minimum absolute atomic E-state index is 0.268. The molecule has 4 nitrogen and oxygen atoms in total. The van der Waals surface area contributed by atoms with Crippen LogP contribution in [-0.2, 0) is 0 Å². The number of para-hydroxylation sites is 1. The van der Waals surface area contributed by atoms with Crippen molar-refractivity contribution in [3.05, 3.63) is 83.4 Å². The highest BCUT2D eigenvalue weighted by Crippen LogP contribution is 2.32. The van der Waals surface area contributed by atoms with Crippen LogP contribution in [0.5, 0.6) is 11.5 Å². The van der Waals surface area contributed by atoms with Gasteiger partial charge in [-0.05, 0) is 54.6 Å². The second kappa shape index (κ2) is 7.06. The van der Waals surface area contributed by atoms with Crippen LogP contribution < -0.4 is 15.8 Å². The third-order valence-corrected chi connectivity index (χ3v) is 3.57. The van der Waals surface area contributed by atoms with Gasteiger partial charge in [-0.1, -0.05) is 29.8 Å². The summed E-state index contributed by atoms with van der Waals surface area (Å²) in [7, 11) is 0. The number of nitrogen functional groups attached to an aromatic ring is 1. The fourth-order valence-electron chi connectivity index (χ4n) is 2.13. The first-order valence-electron chi connectivity index (χ1n) is 7.31. The van der Waals surface area contributed by atoms with Gasteiger partial charge in [0.1, 0.15) is 5.75 Å². The van der Waals surface area contributed by atoms with E-state index >= 15 is 0 Å². The van der Waals surface area contributed by atoms with Crippen LogP contribution in [0.25, 0.3) is 0 Å². The van der Waals surface area contributed by atoms with Crippen LogP contribution >= 0.6 is 11.6 Å². The molecule has 0 heterocycles. The number of hydrogen-bond donors (Lipinski definition) is 2. The van der Waals surface area contributed by atoms with Gasteiger partial charge in [0.25, 0.3) is 5.91 Å². The molecule has 0 bridgehead atoms. The molecule has 0 aromatic heterocycles. The van der Waals surface area contributed by atoms with Gasteiger partial charge in [-0.15, -0.1) is 0 Å². The van der Waals surface area contributed by atoms with E-state index in [1.807, 2.05) is 30.3 Å². The third-order valence-electron chi connectivity index (χ3n) is 3.33. The normalized spacial score (nSPS) is 10.2. The molecular weight excluding hydrogens is 324 g/mol. The van der Waals surface area contributed by atoms with Crippen LogP contribution in [-0.4, -0.2) is 5.91 Å². The molecule has 3 aromatic carbocycles. The predicted molar refractivity (Wildman–Crippen MR) is 96.8 cm³/mol. The highest BCUT2D eigenvalue weighted by Gasteiger charge is 2.11.